The topological polar surface area (TPSA) is 69.2 Å². The standard InChI is InChI=1S/C16H22N2O4/c1-16(2,3)21-15(19)17-10-13-9-14(18-22-13)20-11-12-7-5-4-6-8-12/h4-8,13H,9-11H2,1-3H3,(H,17,19). The molecule has 0 aliphatic carbocycles. The molecule has 1 amide bonds. The van der Waals surface area contributed by atoms with Crippen LogP contribution < -0.4 is 5.32 Å². The predicted molar refractivity (Wildman–Crippen MR) is 82.4 cm³/mol. The third-order valence-corrected chi connectivity index (χ3v) is 2.83. The van der Waals surface area contributed by atoms with Crippen LogP contribution in [0.2, 0.25) is 0 Å². The summed E-state index contributed by atoms with van der Waals surface area (Å²) in [4.78, 5) is 16.8. The lowest BCUT2D eigenvalue weighted by molar-refractivity contribution is 0.0438. The van der Waals surface area contributed by atoms with Crippen LogP contribution in [0.5, 0.6) is 0 Å². The van der Waals surface area contributed by atoms with E-state index in [1.165, 1.54) is 0 Å². The van der Waals surface area contributed by atoms with Crippen LogP contribution in [0.3, 0.4) is 0 Å². The zero-order valence-electron chi connectivity index (χ0n) is 13.2. The van der Waals surface area contributed by atoms with E-state index >= 15 is 0 Å². The van der Waals surface area contributed by atoms with E-state index in [1.54, 1.807) is 0 Å². The largest absolute Gasteiger partial charge is 0.474 e. The van der Waals surface area contributed by atoms with Gasteiger partial charge in [-0.15, -0.1) is 0 Å². The number of oxime groups is 1. The number of nitrogens with zero attached hydrogens (tertiary/aromatic N) is 1. The van der Waals surface area contributed by atoms with Crippen molar-refractivity contribution in [2.75, 3.05) is 6.54 Å². The van der Waals surface area contributed by atoms with Gasteiger partial charge < -0.3 is 19.6 Å². The average molecular weight is 306 g/mol. The molecule has 1 aromatic rings. The number of carbonyl (C=O) groups excluding carboxylic acids is 1. The molecule has 22 heavy (non-hydrogen) atoms. The molecule has 6 heteroatoms. The summed E-state index contributed by atoms with van der Waals surface area (Å²) in [6, 6.07) is 9.84. The van der Waals surface area contributed by atoms with Gasteiger partial charge in [0.25, 0.3) is 0 Å². The maximum Gasteiger partial charge on any atom is 0.407 e. The van der Waals surface area contributed by atoms with Crippen LogP contribution in [-0.4, -0.2) is 30.2 Å². The fourth-order valence-corrected chi connectivity index (χ4v) is 1.85. The highest BCUT2D eigenvalue weighted by atomic mass is 16.7. The molecule has 0 bridgehead atoms. The van der Waals surface area contributed by atoms with Crippen molar-refractivity contribution in [2.24, 2.45) is 5.16 Å². The molecule has 120 valence electrons. The van der Waals surface area contributed by atoms with Crippen LogP contribution in [0.15, 0.2) is 35.5 Å². The summed E-state index contributed by atoms with van der Waals surface area (Å²) in [6.45, 7) is 6.23. The Kier molecular flexibility index (Phi) is 5.25. The summed E-state index contributed by atoms with van der Waals surface area (Å²) in [5.74, 6) is 0.542. The summed E-state index contributed by atoms with van der Waals surface area (Å²) in [5, 5.41) is 6.55. The highest BCUT2D eigenvalue weighted by molar-refractivity contribution is 5.77. The number of hydrogen-bond acceptors (Lipinski definition) is 5. The fraction of sp³-hybridized carbons (Fsp3) is 0.500. The molecule has 2 rings (SSSR count). The van der Waals surface area contributed by atoms with Gasteiger partial charge in [0.2, 0.25) is 5.90 Å². The Bertz CT molecular complexity index is 523. The molecule has 0 fully saturated rings. The first-order valence-corrected chi connectivity index (χ1v) is 7.28. The predicted octanol–water partition coefficient (Wildman–Crippen LogP) is 2.83. The Balaban J connectivity index is 1.66. The van der Waals surface area contributed by atoms with Gasteiger partial charge in [-0.1, -0.05) is 35.5 Å². The van der Waals surface area contributed by atoms with Crippen molar-refractivity contribution in [1.29, 1.82) is 0 Å². The molecule has 1 aromatic carbocycles. The summed E-state index contributed by atoms with van der Waals surface area (Å²) < 4.78 is 10.7. The highest BCUT2D eigenvalue weighted by Crippen LogP contribution is 2.13. The first-order chi connectivity index (χ1) is 10.4. The first-order valence-electron chi connectivity index (χ1n) is 7.28. The molecule has 1 heterocycles. The first kappa shape index (κ1) is 16.1. The molecule has 1 atom stereocenters. The SMILES string of the molecule is CC(C)(C)OC(=O)NCC1CC(OCc2ccccc2)=NO1. The summed E-state index contributed by atoms with van der Waals surface area (Å²) >= 11 is 0. The van der Waals surface area contributed by atoms with E-state index < -0.39 is 11.7 Å². The number of alkyl carbamates (subject to hydrolysis) is 1. The minimum atomic E-state index is -0.513. The van der Waals surface area contributed by atoms with Crippen molar-refractivity contribution in [1.82, 2.24) is 5.32 Å². The second-order valence-electron chi connectivity index (χ2n) is 6.07. The Morgan fingerprint density at radius 2 is 2.09 bits per heavy atom. The Hall–Kier alpha value is -2.24. The monoisotopic (exact) mass is 306 g/mol. The van der Waals surface area contributed by atoms with Gasteiger partial charge in [0.1, 0.15) is 12.2 Å². The second kappa shape index (κ2) is 7.15. The number of amides is 1. The summed E-state index contributed by atoms with van der Waals surface area (Å²) in [5.41, 5.74) is 0.557. The lowest BCUT2D eigenvalue weighted by Gasteiger charge is -2.20. The number of nitrogens with one attached hydrogen (secondary N) is 1. The molecular weight excluding hydrogens is 284 g/mol. The van der Waals surface area contributed by atoms with Gasteiger partial charge in [-0.25, -0.2) is 4.79 Å². The van der Waals surface area contributed by atoms with E-state index in [2.05, 4.69) is 10.5 Å². The molecule has 0 saturated heterocycles. The van der Waals surface area contributed by atoms with Crippen LogP contribution in [0.25, 0.3) is 0 Å². The Morgan fingerprint density at radius 1 is 1.36 bits per heavy atom. The minimum absolute atomic E-state index is 0.224. The van der Waals surface area contributed by atoms with Crippen LogP contribution >= 0.6 is 0 Å². The number of carbonyl (C=O) groups is 1. The van der Waals surface area contributed by atoms with Gasteiger partial charge in [-0.05, 0) is 26.3 Å². The molecule has 0 saturated carbocycles. The van der Waals surface area contributed by atoms with Gasteiger partial charge in [0.15, 0.2) is 6.10 Å². The zero-order valence-corrected chi connectivity index (χ0v) is 13.2. The van der Waals surface area contributed by atoms with Crippen LogP contribution in [0.1, 0.15) is 32.8 Å². The molecule has 6 nitrogen and oxygen atoms in total. The summed E-state index contributed by atoms with van der Waals surface area (Å²) in [6.07, 6.45) is -0.157. The van der Waals surface area contributed by atoms with Gasteiger partial charge in [-0.2, -0.15) is 0 Å². The van der Waals surface area contributed by atoms with E-state index in [9.17, 15) is 4.79 Å². The zero-order chi connectivity index (χ0) is 16.0. The van der Waals surface area contributed by atoms with E-state index in [0.29, 0.717) is 25.5 Å². The normalized spacial score (nSPS) is 17.4. The van der Waals surface area contributed by atoms with Crippen LogP contribution in [0, 0.1) is 0 Å². The molecular formula is C16H22N2O4. The van der Waals surface area contributed by atoms with E-state index in [-0.39, 0.29) is 6.10 Å². The Labute approximate surface area is 130 Å². The Morgan fingerprint density at radius 3 is 2.77 bits per heavy atom. The van der Waals surface area contributed by atoms with Crippen LogP contribution in [0.4, 0.5) is 4.79 Å². The molecule has 1 unspecified atom stereocenters. The average Bonchev–Trinajstić information content (AvgIpc) is 2.90. The van der Waals surface area contributed by atoms with Gasteiger partial charge in [0.05, 0.1) is 13.0 Å². The molecule has 1 N–H and O–H groups in total. The molecule has 0 radical (unpaired) electrons. The number of hydrogen-bond donors (Lipinski definition) is 1. The lowest BCUT2D eigenvalue weighted by atomic mass is 10.2. The van der Waals surface area contributed by atoms with E-state index in [0.717, 1.165) is 5.56 Å². The van der Waals surface area contributed by atoms with Crippen molar-refractivity contribution in [3.63, 3.8) is 0 Å². The molecule has 0 aromatic heterocycles. The van der Waals surface area contributed by atoms with Crippen LogP contribution in [-0.2, 0) is 20.9 Å². The molecule has 1 aliphatic heterocycles. The van der Waals surface area contributed by atoms with E-state index in [4.69, 9.17) is 14.3 Å². The lowest BCUT2D eigenvalue weighted by Crippen LogP contribution is -2.37. The quantitative estimate of drug-likeness (QED) is 0.928. The second-order valence-corrected chi connectivity index (χ2v) is 6.07. The fourth-order valence-electron chi connectivity index (χ4n) is 1.85. The summed E-state index contributed by atoms with van der Waals surface area (Å²) in [7, 11) is 0. The van der Waals surface area contributed by atoms with Gasteiger partial charge >= 0.3 is 6.09 Å². The van der Waals surface area contributed by atoms with Crippen molar-refractivity contribution in [3.05, 3.63) is 35.9 Å². The third-order valence-electron chi connectivity index (χ3n) is 2.83. The van der Waals surface area contributed by atoms with Gasteiger partial charge in [-0.3, -0.25) is 0 Å². The van der Waals surface area contributed by atoms with Crippen molar-refractivity contribution < 1.29 is 19.1 Å². The van der Waals surface area contributed by atoms with Crippen molar-refractivity contribution in [3.8, 4) is 0 Å². The maximum absolute atomic E-state index is 11.6. The number of ether oxygens (including phenoxy) is 2. The number of benzene rings is 1. The highest BCUT2D eigenvalue weighted by Gasteiger charge is 2.24. The smallest absolute Gasteiger partial charge is 0.407 e. The van der Waals surface area contributed by atoms with E-state index in [1.807, 2.05) is 51.1 Å². The van der Waals surface area contributed by atoms with Crippen molar-refractivity contribution >= 4 is 12.0 Å². The molecule has 0 spiro atoms. The molecule has 1 aliphatic rings. The maximum atomic E-state index is 11.6. The van der Waals surface area contributed by atoms with Gasteiger partial charge in [0, 0.05) is 0 Å². The number of rotatable bonds is 4. The minimum Gasteiger partial charge on any atom is -0.474 e. The van der Waals surface area contributed by atoms with Crippen molar-refractivity contribution in [2.45, 2.75) is 45.5 Å². The third kappa shape index (κ3) is 5.63.